The predicted molar refractivity (Wildman–Crippen MR) is 150 cm³/mol. The number of hydrogen-bond acceptors (Lipinski definition) is 6. The summed E-state index contributed by atoms with van der Waals surface area (Å²) in [5.74, 6) is -0.100. The maximum Gasteiger partial charge on any atom is 0.241 e. The van der Waals surface area contributed by atoms with E-state index in [1.54, 1.807) is 12.0 Å². The van der Waals surface area contributed by atoms with Crippen LogP contribution in [0.2, 0.25) is 0 Å². The number of aliphatic hydroxyl groups is 1. The Balaban J connectivity index is 1.40. The molecule has 206 valence electrons. The molecule has 9 nitrogen and oxygen atoms in total. The van der Waals surface area contributed by atoms with Crippen molar-refractivity contribution in [1.29, 1.82) is 0 Å². The average Bonchev–Trinajstić information content (AvgIpc) is 3.11. The molecule has 0 radical (unpaired) electrons. The fraction of sp³-hybridized carbons (Fsp3) is 0.367. The number of rotatable bonds is 10. The molecule has 39 heavy (non-hydrogen) atoms. The highest BCUT2D eigenvalue weighted by molar-refractivity contribution is 5.96. The predicted octanol–water partition coefficient (Wildman–Crippen LogP) is 2.72. The van der Waals surface area contributed by atoms with Crippen molar-refractivity contribution in [2.45, 2.75) is 44.6 Å². The zero-order valence-corrected chi connectivity index (χ0v) is 22.3. The summed E-state index contributed by atoms with van der Waals surface area (Å²) < 4.78 is 5.48. The van der Waals surface area contributed by atoms with Crippen molar-refractivity contribution in [2.24, 2.45) is 5.73 Å². The maximum absolute atomic E-state index is 13.1. The molecule has 3 aromatic carbocycles. The van der Waals surface area contributed by atoms with Gasteiger partial charge in [0.2, 0.25) is 17.7 Å². The number of carbonyl (C=O) groups excluding carboxylic acids is 3. The average molecular weight is 533 g/mol. The minimum atomic E-state index is -0.985. The number of fused-ring (bicyclic) bond motifs is 2. The van der Waals surface area contributed by atoms with E-state index in [1.165, 1.54) is 0 Å². The van der Waals surface area contributed by atoms with Crippen molar-refractivity contribution in [3.05, 3.63) is 71.8 Å². The van der Waals surface area contributed by atoms with Crippen LogP contribution in [0.4, 0.5) is 5.69 Å². The number of ether oxygens (including phenoxy) is 1. The van der Waals surface area contributed by atoms with Crippen LogP contribution in [0.1, 0.15) is 36.8 Å². The van der Waals surface area contributed by atoms with Crippen LogP contribution in [0.25, 0.3) is 10.8 Å². The number of nitrogens with one attached hydrogen (secondary N) is 1. The van der Waals surface area contributed by atoms with E-state index in [2.05, 4.69) is 5.43 Å². The zero-order valence-electron chi connectivity index (χ0n) is 22.3. The Kier molecular flexibility index (Phi) is 9.51. The molecule has 9 heteroatoms. The number of aryl methyl sites for hydroxylation is 1. The Morgan fingerprint density at radius 2 is 1.87 bits per heavy atom. The van der Waals surface area contributed by atoms with E-state index in [1.807, 2.05) is 60.7 Å². The SMILES string of the molecule is COc1cccc2c1CCCC(=O)N2CCC(=O)NN(C[C@H](O)CN)C(=O)CCc1ccc2ccccc2c1. The molecule has 0 saturated carbocycles. The highest BCUT2D eigenvalue weighted by Crippen LogP contribution is 2.34. The third-order valence-corrected chi connectivity index (χ3v) is 6.97. The van der Waals surface area contributed by atoms with Crippen molar-refractivity contribution in [3.8, 4) is 5.75 Å². The zero-order chi connectivity index (χ0) is 27.8. The molecule has 3 amide bonds. The molecule has 4 rings (SSSR count). The monoisotopic (exact) mass is 532 g/mol. The number of carbonyl (C=O) groups is 3. The number of nitrogens with zero attached hydrogens (tertiary/aromatic N) is 2. The second kappa shape index (κ2) is 13.2. The smallest absolute Gasteiger partial charge is 0.241 e. The molecule has 0 fully saturated rings. The summed E-state index contributed by atoms with van der Waals surface area (Å²) in [7, 11) is 1.60. The molecule has 0 aliphatic carbocycles. The molecule has 0 saturated heterocycles. The quantitative estimate of drug-likeness (QED) is 0.345. The van der Waals surface area contributed by atoms with Gasteiger partial charge in [0.1, 0.15) is 5.75 Å². The van der Waals surface area contributed by atoms with E-state index >= 15 is 0 Å². The van der Waals surface area contributed by atoms with Gasteiger partial charge >= 0.3 is 0 Å². The topological polar surface area (TPSA) is 125 Å². The van der Waals surface area contributed by atoms with Gasteiger partial charge in [-0.3, -0.25) is 24.8 Å². The molecule has 1 aliphatic rings. The van der Waals surface area contributed by atoms with E-state index in [-0.39, 0.29) is 44.3 Å². The number of aliphatic hydroxyl groups excluding tert-OH is 1. The van der Waals surface area contributed by atoms with Crippen molar-refractivity contribution < 1.29 is 24.2 Å². The molecule has 0 aromatic heterocycles. The molecule has 1 atom stereocenters. The Bertz CT molecular complexity index is 1330. The third kappa shape index (κ3) is 7.13. The van der Waals surface area contributed by atoms with E-state index in [0.29, 0.717) is 25.7 Å². The first-order valence-electron chi connectivity index (χ1n) is 13.3. The number of amides is 3. The summed E-state index contributed by atoms with van der Waals surface area (Å²) in [6.07, 6.45) is 1.41. The maximum atomic E-state index is 13.1. The standard InChI is InChI=1S/C30H36N4O5/c1-39-27-10-5-9-26-25(27)8-4-11-29(37)33(26)17-16-28(36)32-34(20-24(35)19-31)30(38)15-13-21-12-14-22-6-2-3-7-23(22)18-21/h2-3,5-7,9-10,12,14,18,24,35H,4,8,11,13,15-17,19-20,31H2,1H3,(H,32,36)/t24-/m1/s1. The lowest BCUT2D eigenvalue weighted by atomic mass is 10.0. The molecule has 0 bridgehead atoms. The van der Waals surface area contributed by atoms with Gasteiger partial charge in [-0.25, -0.2) is 0 Å². The summed E-state index contributed by atoms with van der Waals surface area (Å²) in [6, 6.07) is 19.6. The van der Waals surface area contributed by atoms with Gasteiger partial charge in [-0.2, -0.15) is 0 Å². The molecule has 4 N–H and O–H groups in total. The van der Waals surface area contributed by atoms with Crippen LogP contribution >= 0.6 is 0 Å². The van der Waals surface area contributed by atoms with Gasteiger partial charge < -0.3 is 20.5 Å². The number of hydrazine groups is 1. The summed E-state index contributed by atoms with van der Waals surface area (Å²) in [4.78, 5) is 40.5. The van der Waals surface area contributed by atoms with Crippen LogP contribution < -0.4 is 20.8 Å². The minimum Gasteiger partial charge on any atom is -0.496 e. The second-order valence-electron chi connectivity index (χ2n) is 9.72. The molecule has 0 unspecified atom stereocenters. The van der Waals surface area contributed by atoms with Crippen LogP contribution in [0, 0.1) is 0 Å². The van der Waals surface area contributed by atoms with E-state index in [0.717, 1.165) is 38.3 Å². The Labute approximate surface area is 228 Å². The Morgan fingerprint density at radius 3 is 2.64 bits per heavy atom. The molecular formula is C30H36N4O5. The number of benzene rings is 3. The van der Waals surface area contributed by atoms with E-state index in [4.69, 9.17) is 10.5 Å². The first-order chi connectivity index (χ1) is 18.9. The van der Waals surface area contributed by atoms with Gasteiger partial charge in [0.05, 0.1) is 25.4 Å². The number of methoxy groups -OCH3 is 1. The number of hydrogen-bond donors (Lipinski definition) is 3. The van der Waals surface area contributed by atoms with Gasteiger partial charge in [0.15, 0.2) is 0 Å². The third-order valence-electron chi connectivity index (χ3n) is 6.97. The van der Waals surface area contributed by atoms with Crippen LogP contribution in [0.15, 0.2) is 60.7 Å². The molecule has 0 spiro atoms. The highest BCUT2D eigenvalue weighted by Gasteiger charge is 2.26. The van der Waals surface area contributed by atoms with Gasteiger partial charge in [0.25, 0.3) is 0 Å². The highest BCUT2D eigenvalue weighted by atomic mass is 16.5. The van der Waals surface area contributed by atoms with Crippen LogP contribution in [-0.2, 0) is 27.2 Å². The van der Waals surface area contributed by atoms with Crippen LogP contribution in [0.3, 0.4) is 0 Å². The summed E-state index contributed by atoms with van der Waals surface area (Å²) >= 11 is 0. The second-order valence-corrected chi connectivity index (χ2v) is 9.72. The lowest BCUT2D eigenvalue weighted by Gasteiger charge is -2.27. The van der Waals surface area contributed by atoms with E-state index < -0.39 is 12.0 Å². The number of nitrogens with two attached hydrogens (primary N) is 1. The van der Waals surface area contributed by atoms with Crippen molar-refractivity contribution in [3.63, 3.8) is 0 Å². The molecular weight excluding hydrogens is 496 g/mol. The fourth-order valence-electron chi connectivity index (χ4n) is 4.88. The fourth-order valence-corrected chi connectivity index (χ4v) is 4.88. The van der Waals surface area contributed by atoms with Gasteiger partial charge in [-0.05, 0) is 47.7 Å². The first kappa shape index (κ1) is 28.1. The molecule has 3 aromatic rings. The summed E-state index contributed by atoms with van der Waals surface area (Å²) in [5, 5.41) is 13.5. The van der Waals surface area contributed by atoms with Crippen molar-refractivity contribution >= 4 is 34.2 Å². The Morgan fingerprint density at radius 1 is 1.08 bits per heavy atom. The van der Waals surface area contributed by atoms with Crippen LogP contribution in [-0.4, -0.2) is 60.7 Å². The normalized spacial score (nSPS) is 13.9. The van der Waals surface area contributed by atoms with E-state index in [9.17, 15) is 19.5 Å². The largest absolute Gasteiger partial charge is 0.496 e. The molecule has 1 heterocycles. The van der Waals surface area contributed by atoms with Gasteiger partial charge in [-0.1, -0.05) is 48.5 Å². The van der Waals surface area contributed by atoms with Crippen molar-refractivity contribution in [1.82, 2.24) is 10.4 Å². The lowest BCUT2D eigenvalue weighted by molar-refractivity contribution is -0.143. The van der Waals surface area contributed by atoms with Gasteiger partial charge in [-0.15, -0.1) is 0 Å². The molecule has 1 aliphatic heterocycles. The summed E-state index contributed by atoms with van der Waals surface area (Å²) in [6.45, 7) is -0.0178. The first-order valence-corrected chi connectivity index (χ1v) is 13.3. The Hall–Kier alpha value is -3.95. The lowest BCUT2D eigenvalue weighted by Crippen LogP contribution is -2.51. The van der Waals surface area contributed by atoms with Gasteiger partial charge in [0, 0.05) is 37.9 Å². The van der Waals surface area contributed by atoms with Crippen molar-refractivity contribution in [2.75, 3.05) is 31.6 Å². The number of anilines is 1. The minimum absolute atomic E-state index is 0.0183. The summed E-state index contributed by atoms with van der Waals surface area (Å²) in [5.41, 5.74) is 10.9. The van der Waals surface area contributed by atoms with Crippen LogP contribution in [0.5, 0.6) is 5.75 Å².